The van der Waals surface area contributed by atoms with Gasteiger partial charge in [-0.05, 0) is 69.2 Å². The van der Waals surface area contributed by atoms with Crippen LogP contribution in [0.1, 0.15) is 55.5 Å². The van der Waals surface area contributed by atoms with Gasteiger partial charge in [-0.25, -0.2) is 0 Å². The van der Waals surface area contributed by atoms with Gasteiger partial charge < -0.3 is 5.32 Å². The van der Waals surface area contributed by atoms with Crippen LogP contribution >= 0.6 is 0 Å². The number of rotatable bonds is 4. The standard InChI is InChI=1S/C19H26N2/c1-4-14(3)20-12-17-15-7-5-6-8-18(15)21-19-10-9-13(2)11-16(17)19/h9-11,14,20H,4-8,12H2,1-3H3. The van der Waals surface area contributed by atoms with E-state index in [0.29, 0.717) is 6.04 Å². The number of benzene rings is 1. The Kier molecular flexibility index (Phi) is 4.25. The van der Waals surface area contributed by atoms with Crippen LogP contribution in [0.15, 0.2) is 18.2 Å². The first kappa shape index (κ1) is 14.5. The van der Waals surface area contributed by atoms with Gasteiger partial charge in [0.1, 0.15) is 0 Å². The molecular formula is C19H26N2. The van der Waals surface area contributed by atoms with E-state index in [1.54, 1.807) is 0 Å². The van der Waals surface area contributed by atoms with Gasteiger partial charge in [0, 0.05) is 23.7 Å². The van der Waals surface area contributed by atoms with Gasteiger partial charge >= 0.3 is 0 Å². The number of aryl methyl sites for hydroxylation is 2. The Labute approximate surface area is 128 Å². The maximum atomic E-state index is 4.94. The second-order valence-corrected chi connectivity index (χ2v) is 6.43. The normalized spacial score (nSPS) is 16.0. The molecule has 1 aliphatic rings. The molecule has 1 aromatic carbocycles. The highest BCUT2D eigenvalue weighted by molar-refractivity contribution is 5.84. The zero-order valence-electron chi connectivity index (χ0n) is 13.5. The highest BCUT2D eigenvalue weighted by Gasteiger charge is 2.18. The number of aromatic nitrogens is 1. The molecular weight excluding hydrogens is 256 g/mol. The van der Waals surface area contributed by atoms with E-state index in [-0.39, 0.29) is 0 Å². The van der Waals surface area contributed by atoms with Crippen LogP contribution in [-0.2, 0) is 19.4 Å². The molecule has 1 unspecified atom stereocenters. The smallest absolute Gasteiger partial charge is 0.0708 e. The first-order chi connectivity index (χ1) is 10.2. The summed E-state index contributed by atoms with van der Waals surface area (Å²) in [7, 11) is 0. The molecule has 1 aliphatic carbocycles. The first-order valence-electron chi connectivity index (χ1n) is 8.33. The van der Waals surface area contributed by atoms with Crippen molar-refractivity contribution in [2.75, 3.05) is 0 Å². The average Bonchev–Trinajstić information content (AvgIpc) is 2.51. The molecule has 3 rings (SSSR count). The third kappa shape index (κ3) is 2.96. The van der Waals surface area contributed by atoms with Crippen molar-refractivity contribution in [1.82, 2.24) is 10.3 Å². The summed E-state index contributed by atoms with van der Waals surface area (Å²) < 4.78 is 0. The van der Waals surface area contributed by atoms with Gasteiger partial charge in [0.05, 0.1) is 5.52 Å². The molecule has 1 atom stereocenters. The highest BCUT2D eigenvalue weighted by atomic mass is 14.9. The minimum Gasteiger partial charge on any atom is -0.310 e. The van der Waals surface area contributed by atoms with Gasteiger partial charge in [-0.3, -0.25) is 4.98 Å². The molecule has 0 fully saturated rings. The van der Waals surface area contributed by atoms with Crippen LogP contribution < -0.4 is 5.32 Å². The van der Waals surface area contributed by atoms with Crippen molar-refractivity contribution in [3.8, 4) is 0 Å². The van der Waals surface area contributed by atoms with Crippen molar-refractivity contribution in [2.24, 2.45) is 0 Å². The summed E-state index contributed by atoms with van der Waals surface area (Å²) in [6, 6.07) is 7.24. The Bertz CT molecular complexity index is 646. The number of hydrogen-bond donors (Lipinski definition) is 1. The fourth-order valence-corrected chi connectivity index (χ4v) is 3.26. The van der Waals surface area contributed by atoms with Crippen molar-refractivity contribution in [3.63, 3.8) is 0 Å². The molecule has 0 saturated carbocycles. The van der Waals surface area contributed by atoms with Crippen LogP contribution in [0, 0.1) is 6.92 Å². The van der Waals surface area contributed by atoms with Gasteiger partial charge in [0.15, 0.2) is 0 Å². The van der Waals surface area contributed by atoms with Gasteiger partial charge in [-0.2, -0.15) is 0 Å². The van der Waals surface area contributed by atoms with Gasteiger partial charge in [0.2, 0.25) is 0 Å². The minimum atomic E-state index is 0.567. The van der Waals surface area contributed by atoms with Crippen molar-refractivity contribution in [2.45, 2.75) is 65.5 Å². The number of fused-ring (bicyclic) bond motifs is 2. The minimum absolute atomic E-state index is 0.567. The number of nitrogens with one attached hydrogen (secondary N) is 1. The molecule has 0 aliphatic heterocycles. The van der Waals surface area contributed by atoms with Gasteiger partial charge in [-0.1, -0.05) is 18.6 Å². The molecule has 1 N–H and O–H groups in total. The summed E-state index contributed by atoms with van der Waals surface area (Å²) in [5, 5.41) is 5.04. The second-order valence-electron chi connectivity index (χ2n) is 6.43. The van der Waals surface area contributed by atoms with Crippen LogP contribution in [0.4, 0.5) is 0 Å². The molecule has 1 heterocycles. The number of nitrogens with zero attached hydrogens (tertiary/aromatic N) is 1. The third-order valence-electron chi connectivity index (χ3n) is 4.78. The van der Waals surface area contributed by atoms with Crippen LogP contribution in [0.25, 0.3) is 10.9 Å². The Hall–Kier alpha value is -1.41. The summed E-state index contributed by atoms with van der Waals surface area (Å²) in [4.78, 5) is 4.94. The highest BCUT2D eigenvalue weighted by Crippen LogP contribution is 2.29. The quantitative estimate of drug-likeness (QED) is 0.904. The molecule has 21 heavy (non-hydrogen) atoms. The van der Waals surface area contributed by atoms with E-state index in [4.69, 9.17) is 4.98 Å². The molecule has 0 radical (unpaired) electrons. The predicted octanol–water partition coefficient (Wildman–Crippen LogP) is 4.31. The summed E-state index contributed by atoms with van der Waals surface area (Å²) in [6.45, 7) is 7.65. The lowest BCUT2D eigenvalue weighted by atomic mass is 9.89. The maximum absolute atomic E-state index is 4.94. The molecule has 0 amide bonds. The van der Waals surface area contributed by atoms with E-state index in [9.17, 15) is 0 Å². The van der Waals surface area contributed by atoms with Gasteiger partial charge in [0.25, 0.3) is 0 Å². The summed E-state index contributed by atoms with van der Waals surface area (Å²) in [5.41, 5.74) is 6.86. The monoisotopic (exact) mass is 282 g/mol. The topological polar surface area (TPSA) is 24.9 Å². The second kappa shape index (κ2) is 6.15. The SMILES string of the molecule is CCC(C)NCc1c2c(nc3ccc(C)cc13)CCCC2. The van der Waals surface area contributed by atoms with E-state index < -0.39 is 0 Å². The molecule has 2 aromatic rings. The van der Waals surface area contributed by atoms with E-state index in [0.717, 1.165) is 13.0 Å². The maximum Gasteiger partial charge on any atom is 0.0708 e. The fourth-order valence-electron chi connectivity index (χ4n) is 3.26. The average molecular weight is 282 g/mol. The predicted molar refractivity (Wildman–Crippen MR) is 89.7 cm³/mol. The van der Waals surface area contributed by atoms with Crippen molar-refractivity contribution in [3.05, 3.63) is 40.6 Å². The Morgan fingerprint density at radius 1 is 1.24 bits per heavy atom. The number of pyridine rings is 1. The molecule has 0 spiro atoms. The summed E-state index contributed by atoms with van der Waals surface area (Å²) in [5.74, 6) is 0. The van der Waals surface area contributed by atoms with Crippen LogP contribution in [0.3, 0.4) is 0 Å². The molecule has 1 aromatic heterocycles. The lowest BCUT2D eigenvalue weighted by molar-refractivity contribution is 0.531. The lowest BCUT2D eigenvalue weighted by Gasteiger charge is -2.22. The van der Waals surface area contributed by atoms with Crippen LogP contribution in [0.2, 0.25) is 0 Å². The molecule has 112 valence electrons. The van der Waals surface area contributed by atoms with Crippen molar-refractivity contribution in [1.29, 1.82) is 0 Å². The zero-order valence-corrected chi connectivity index (χ0v) is 13.5. The molecule has 2 nitrogen and oxygen atoms in total. The fraction of sp³-hybridized carbons (Fsp3) is 0.526. The number of hydrogen-bond acceptors (Lipinski definition) is 2. The third-order valence-corrected chi connectivity index (χ3v) is 4.78. The van der Waals surface area contributed by atoms with Gasteiger partial charge in [-0.15, -0.1) is 0 Å². The van der Waals surface area contributed by atoms with E-state index in [2.05, 4.69) is 44.3 Å². The largest absolute Gasteiger partial charge is 0.310 e. The Morgan fingerprint density at radius 2 is 2.05 bits per heavy atom. The molecule has 0 saturated heterocycles. The molecule has 0 bridgehead atoms. The summed E-state index contributed by atoms with van der Waals surface area (Å²) in [6.07, 6.45) is 6.11. The van der Waals surface area contributed by atoms with Crippen LogP contribution in [-0.4, -0.2) is 11.0 Å². The lowest BCUT2D eigenvalue weighted by Crippen LogP contribution is -2.26. The Balaban J connectivity index is 2.10. The van der Waals surface area contributed by atoms with Crippen molar-refractivity contribution < 1.29 is 0 Å². The van der Waals surface area contributed by atoms with Crippen molar-refractivity contribution >= 4 is 10.9 Å². The Morgan fingerprint density at radius 3 is 2.86 bits per heavy atom. The summed E-state index contributed by atoms with van der Waals surface area (Å²) >= 11 is 0. The van der Waals surface area contributed by atoms with E-state index in [1.807, 2.05) is 0 Å². The van der Waals surface area contributed by atoms with E-state index in [1.165, 1.54) is 59.0 Å². The zero-order chi connectivity index (χ0) is 14.8. The first-order valence-corrected chi connectivity index (χ1v) is 8.33. The molecule has 2 heteroatoms. The van der Waals surface area contributed by atoms with E-state index >= 15 is 0 Å². The van der Waals surface area contributed by atoms with Crippen LogP contribution in [0.5, 0.6) is 0 Å².